The normalized spacial score (nSPS) is 16.2. The SMILES string of the molecule is CC(C)(C)c1ccc2oc(C(=O)N[C@H](Cc3ccc(Cl)cc3)C(=O)N3CCN(c4ccccc4CN4CCCCC4=O)CC3)cc(=O)c2c1. The van der Waals surface area contributed by atoms with Crippen molar-refractivity contribution in [1.82, 2.24) is 15.1 Å². The van der Waals surface area contributed by atoms with Gasteiger partial charge in [0.2, 0.25) is 11.8 Å². The molecule has 0 aliphatic carbocycles. The minimum atomic E-state index is -0.901. The van der Waals surface area contributed by atoms with Gasteiger partial charge in [-0.25, -0.2) is 0 Å². The molecule has 0 saturated carbocycles. The van der Waals surface area contributed by atoms with E-state index < -0.39 is 11.9 Å². The van der Waals surface area contributed by atoms with Crippen LogP contribution in [0.3, 0.4) is 0 Å². The van der Waals surface area contributed by atoms with Crippen LogP contribution in [0.4, 0.5) is 5.69 Å². The molecular formula is C39H43ClN4O5. The largest absolute Gasteiger partial charge is 0.451 e. The van der Waals surface area contributed by atoms with Gasteiger partial charge >= 0.3 is 0 Å². The Morgan fingerprint density at radius 3 is 2.35 bits per heavy atom. The summed E-state index contributed by atoms with van der Waals surface area (Å²) >= 11 is 6.12. The highest BCUT2D eigenvalue weighted by Gasteiger charge is 2.31. The van der Waals surface area contributed by atoms with E-state index in [1.165, 1.54) is 6.07 Å². The fraction of sp³-hybridized carbons (Fsp3) is 0.385. The van der Waals surface area contributed by atoms with Crippen molar-refractivity contribution >= 4 is 46.0 Å². The minimum Gasteiger partial charge on any atom is -0.451 e. The highest BCUT2D eigenvalue weighted by atomic mass is 35.5. The van der Waals surface area contributed by atoms with Crippen LogP contribution < -0.4 is 15.6 Å². The number of carbonyl (C=O) groups excluding carboxylic acids is 3. The van der Waals surface area contributed by atoms with E-state index >= 15 is 0 Å². The third-order valence-electron chi connectivity index (χ3n) is 9.48. The van der Waals surface area contributed by atoms with Crippen LogP contribution in [0, 0.1) is 0 Å². The van der Waals surface area contributed by atoms with Crippen LogP contribution >= 0.6 is 11.6 Å². The molecule has 0 bridgehead atoms. The van der Waals surface area contributed by atoms with E-state index in [2.05, 4.69) is 43.1 Å². The van der Waals surface area contributed by atoms with Crippen molar-refractivity contribution in [2.75, 3.05) is 37.6 Å². The quantitative estimate of drug-likeness (QED) is 0.247. The van der Waals surface area contributed by atoms with Crippen LogP contribution in [0.1, 0.15) is 67.3 Å². The Balaban J connectivity index is 1.18. The Morgan fingerprint density at radius 1 is 0.898 bits per heavy atom. The number of carbonyl (C=O) groups is 3. The molecule has 1 aromatic heterocycles. The summed E-state index contributed by atoms with van der Waals surface area (Å²) in [6.45, 7) is 9.68. The van der Waals surface area contributed by atoms with Gasteiger partial charge in [0.05, 0.1) is 5.39 Å². The number of anilines is 1. The van der Waals surface area contributed by atoms with Crippen LogP contribution in [-0.4, -0.2) is 66.3 Å². The summed E-state index contributed by atoms with van der Waals surface area (Å²) in [4.78, 5) is 59.3. The van der Waals surface area contributed by atoms with Gasteiger partial charge in [-0.2, -0.15) is 0 Å². The summed E-state index contributed by atoms with van der Waals surface area (Å²) in [5.41, 5.74) is 3.81. The average molecular weight is 683 g/mol. The highest BCUT2D eigenvalue weighted by Crippen LogP contribution is 2.27. The summed E-state index contributed by atoms with van der Waals surface area (Å²) in [7, 11) is 0. The van der Waals surface area contributed by atoms with E-state index in [4.69, 9.17) is 16.0 Å². The second-order valence-electron chi connectivity index (χ2n) is 14.0. The second-order valence-corrected chi connectivity index (χ2v) is 14.4. The van der Waals surface area contributed by atoms with Crippen molar-refractivity contribution < 1.29 is 18.8 Å². The Labute approximate surface area is 291 Å². The highest BCUT2D eigenvalue weighted by molar-refractivity contribution is 6.30. The molecule has 3 aromatic carbocycles. The predicted molar refractivity (Wildman–Crippen MR) is 192 cm³/mol. The molecule has 4 aromatic rings. The molecule has 49 heavy (non-hydrogen) atoms. The molecule has 6 rings (SSSR count). The molecule has 2 fully saturated rings. The number of nitrogens with zero attached hydrogens (tertiary/aromatic N) is 3. The number of hydrogen-bond acceptors (Lipinski definition) is 6. The van der Waals surface area contributed by atoms with Crippen LogP contribution in [0.25, 0.3) is 11.0 Å². The molecule has 0 unspecified atom stereocenters. The minimum absolute atomic E-state index is 0.150. The van der Waals surface area contributed by atoms with Gasteiger partial charge in [-0.05, 0) is 65.3 Å². The first-order chi connectivity index (χ1) is 23.5. The number of hydrogen-bond donors (Lipinski definition) is 1. The van der Waals surface area contributed by atoms with Crippen molar-refractivity contribution in [2.24, 2.45) is 0 Å². The van der Waals surface area contributed by atoms with Crippen LogP contribution in [0.15, 0.2) is 82.0 Å². The molecule has 3 heterocycles. The van der Waals surface area contributed by atoms with Crippen molar-refractivity contribution in [3.8, 4) is 0 Å². The number of para-hydroxylation sites is 1. The third kappa shape index (κ3) is 7.99. The first-order valence-corrected chi connectivity index (χ1v) is 17.4. The number of halogens is 1. The number of piperazine rings is 1. The van der Waals surface area contributed by atoms with E-state index in [1.807, 2.05) is 35.2 Å². The van der Waals surface area contributed by atoms with Gasteiger partial charge in [0.15, 0.2) is 11.2 Å². The zero-order chi connectivity index (χ0) is 34.7. The molecule has 9 nitrogen and oxygen atoms in total. The van der Waals surface area contributed by atoms with Crippen molar-refractivity contribution in [3.05, 3.63) is 110 Å². The van der Waals surface area contributed by atoms with Gasteiger partial charge in [0.25, 0.3) is 5.91 Å². The van der Waals surface area contributed by atoms with E-state index in [0.29, 0.717) is 55.1 Å². The number of fused-ring (bicyclic) bond motifs is 1. The molecular weight excluding hydrogens is 640 g/mol. The van der Waals surface area contributed by atoms with Crippen LogP contribution in [0.5, 0.6) is 0 Å². The van der Waals surface area contributed by atoms with Gasteiger partial charge in [-0.3, -0.25) is 19.2 Å². The fourth-order valence-corrected chi connectivity index (χ4v) is 6.72. The summed E-state index contributed by atoms with van der Waals surface area (Å²) in [6.07, 6.45) is 2.80. The third-order valence-corrected chi connectivity index (χ3v) is 9.73. The first-order valence-electron chi connectivity index (χ1n) is 17.0. The summed E-state index contributed by atoms with van der Waals surface area (Å²) in [6, 6.07) is 21.0. The number of rotatable bonds is 8. The lowest BCUT2D eigenvalue weighted by atomic mass is 9.86. The molecule has 10 heteroatoms. The average Bonchev–Trinajstić information content (AvgIpc) is 3.09. The standard InChI is InChI=1S/C39H43ClN4O5/c1-39(2,3)28-13-16-34-30(23-28)33(45)24-35(49-34)37(47)41-31(22-26-11-14-29(40)15-12-26)38(48)43-20-18-42(19-21-43)32-9-5-4-8-27(32)25-44-17-7-6-10-36(44)46/h4-5,8-9,11-16,23-24,31H,6-7,10,17-22,25H2,1-3H3,(H,41,47)/t31-/m1/s1. The van der Waals surface area contributed by atoms with E-state index in [9.17, 15) is 19.2 Å². The lowest BCUT2D eigenvalue weighted by Gasteiger charge is -2.39. The van der Waals surface area contributed by atoms with Gasteiger partial charge in [-0.15, -0.1) is 0 Å². The summed E-state index contributed by atoms with van der Waals surface area (Å²) in [5.74, 6) is -0.800. The van der Waals surface area contributed by atoms with Gasteiger partial charge < -0.3 is 24.4 Å². The van der Waals surface area contributed by atoms with Crippen molar-refractivity contribution in [1.29, 1.82) is 0 Å². The number of benzene rings is 3. The van der Waals surface area contributed by atoms with Crippen LogP contribution in [0.2, 0.25) is 5.02 Å². The number of likely N-dealkylation sites (tertiary alicyclic amines) is 1. The molecule has 1 N–H and O–H groups in total. The summed E-state index contributed by atoms with van der Waals surface area (Å²) < 4.78 is 5.91. The van der Waals surface area contributed by atoms with Gasteiger partial charge in [0.1, 0.15) is 11.6 Å². The molecule has 2 aliphatic heterocycles. The van der Waals surface area contributed by atoms with E-state index in [1.54, 1.807) is 29.2 Å². The molecule has 1 atom stereocenters. The lowest BCUT2D eigenvalue weighted by Crippen LogP contribution is -2.55. The lowest BCUT2D eigenvalue weighted by molar-refractivity contribution is -0.134. The first kappa shape index (κ1) is 34.2. The zero-order valence-electron chi connectivity index (χ0n) is 28.3. The molecule has 0 radical (unpaired) electrons. The van der Waals surface area contributed by atoms with E-state index in [-0.39, 0.29) is 34.8 Å². The second kappa shape index (κ2) is 14.5. The van der Waals surface area contributed by atoms with Crippen LogP contribution in [-0.2, 0) is 28.0 Å². The fourth-order valence-electron chi connectivity index (χ4n) is 6.60. The zero-order valence-corrected chi connectivity index (χ0v) is 29.1. The van der Waals surface area contributed by atoms with Crippen molar-refractivity contribution in [3.63, 3.8) is 0 Å². The molecule has 2 aliphatic rings. The van der Waals surface area contributed by atoms with Gasteiger partial charge in [0, 0.05) is 68.9 Å². The molecule has 0 spiro atoms. The Bertz CT molecular complexity index is 1910. The Kier molecular flexibility index (Phi) is 10.1. The maximum atomic E-state index is 14.1. The Hall–Kier alpha value is -4.63. The maximum Gasteiger partial charge on any atom is 0.287 e. The molecule has 2 saturated heterocycles. The topological polar surface area (TPSA) is 103 Å². The monoisotopic (exact) mass is 682 g/mol. The maximum absolute atomic E-state index is 14.1. The number of piperidine rings is 1. The van der Waals surface area contributed by atoms with Gasteiger partial charge in [-0.1, -0.05) is 68.8 Å². The molecule has 3 amide bonds. The smallest absolute Gasteiger partial charge is 0.287 e. The summed E-state index contributed by atoms with van der Waals surface area (Å²) in [5, 5.41) is 3.85. The predicted octanol–water partition coefficient (Wildman–Crippen LogP) is 5.95. The van der Waals surface area contributed by atoms with E-state index in [0.717, 1.165) is 41.8 Å². The number of amides is 3. The number of nitrogens with one attached hydrogen (secondary N) is 1. The van der Waals surface area contributed by atoms with Crippen molar-refractivity contribution in [2.45, 2.75) is 64.5 Å². The molecule has 256 valence electrons. The Morgan fingerprint density at radius 2 is 1.63 bits per heavy atom.